The molecule has 1 aromatic rings. The molecule has 1 aliphatic carbocycles. The number of amides is 1. The number of hydrogen-bond donors (Lipinski definition) is 1. The van der Waals surface area contributed by atoms with Crippen LogP contribution in [0.2, 0.25) is 0 Å². The van der Waals surface area contributed by atoms with Crippen molar-refractivity contribution in [1.82, 2.24) is 4.90 Å². The number of likely N-dealkylation sites (tertiary alicyclic amines) is 1. The van der Waals surface area contributed by atoms with Crippen LogP contribution in [0.4, 0.5) is 5.69 Å². The molecule has 0 radical (unpaired) electrons. The zero-order chi connectivity index (χ0) is 23.0. The maximum atomic E-state index is 13.6. The molecule has 2 atom stereocenters. The second-order valence-corrected chi connectivity index (χ2v) is 10.9. The smallest absolute Gasteiger partial charge is 0.286 e. The molecule has 3 aliphatic rings. The molecule has 0 aromatic heterocycles. The summed E-state index contributed by atoms with van der Waals surface area (Å²) in [5.41, 5.74) is 0.297. The van der Waals surface area contributed by atoms with Gasteiger partial charge in [0.05, 0.1) is 18.8 Å². The van der Waals surface area contributed by atoms with Gasteiger partial charge in [0.1, 0.15) is 16.5 Å². The third-order valence-corrected chi connectivity index (χ3v) is 8.04. The fraction of sp³-hybridized carbons (Fsp3) is 0.609. The van der Waals surface area contributed by atoms with Crippen molar-refractivity contribution in [1.29, 1.82) is 0 Å². The fourth-order valence-corrected chi connectivity index (χ4v) is 6.16. The van der Waals surface area contributed by atoms with Crippen molar-refractivity contribution in [2.45, 2.75) is 63.3 Å². The highest BCUT2D eigenvalue weighted by atomic mass is 32.2. The largest absolute Gasteiger partial charge is 0.497 e. The number of rotatable bonds is 6. The van der Waals surface area contributed by atoms with Gasteiger partial charge in [-0.05, 0) is 43.2 Å². The van der Waals surface area contributed by atoms with Crippen LogP contribution in [0.5, 0.6) is 5.75 Å². The van der Waals surface area contributed by atoms with Crippen molar-refractivity contribution in [2.24, 2.45) is 22.2 Å². The van der Waals surface area contributed by atoms with Gasteiger partial charge in [-0.2, -0.15) is 8.42 Å². The van der Waals surface area contributed by atoms with E-state index in [9.17, 15) is 18.0 Å². The number of methoxy groups -OCH3 is 1. The second-order valence-electron chi connectivity index (χ2n) is 9.33. The lowest BCUT2D eigenvalue weighted by molar-refractivity contribution is -0.131. The molecule has 32 heavy (non-hydrogen) atoms. The van der Waals surface area contributed by atoms with Crippen LogP contribution in [0.1, 0.15) is 52.4 Å². The number of amidine groups is 1. The number of benzene rings is 1. The van der Waals surface area contributed by atoms with Gasteiger partial charge in [0.2, 0.25) is 5.91 Å². The number of sulfonamides is 1. The van der Waals surface area contributed by atoms with Crippen LogP contribution in [0.15, 0.2) is 27.5 Å². The standard InChI is InChI=1S/C23H31N3O5S/c1-14(2)11-12-26-20(15-7-5-4-6-8-15)21(27)19(23(26)28)22-24-17-10-9-16(31-3)13-18(17)32(29,30)25-22/h9-10,13-15,19-20H,4-8,11-12H2,1-3H3,(H,24,25)/t19?,20-/m0/s1. The van der Waals surface area contributed by atoms with Crippen LogP contribution < -0.4 is 10.1 Å². The summed E-state index contributed by atoms with van der Waals surface area (Å²) in [7, 11) is -2.62. The van der Waals surface area contributed by atoms with E-state index in [1.165, 1.54) is 13.2 Å². The first-order chi connectivity index (χ1) is 15.2. The number of nitrogens with one attached hydrogen (secondary N) is 1. The molecule has 1 saturated carbocycles. The second kappa shape index (κ2) is 8.84. The zero-order valence-electron chi connectivity index (χ0n) is 18.8. The van der Waals surface area contributed by atoms with Crippen molar-refractivity contribution in [3.63, 3.8) is 0 Å². The van der Waals surface area contributed by atoms with E-state index in [-0.39, 0.29) is 28.3 Å². The molecule has 4 rings (SSSR count). The van der Waals surface area contributed by atoms with E-state index in [1.54, 1.807) is 17.0 Å². The predicted molar refractivity (Wildman–Crippen MR) is 121 cm³/mol. The van der Waals surface area contributed by atoms with E-state index < -0.39 is 22.0 Å². The maximum absolute atomic E-state index is 13.6. The van der Waals surface area contributed by atoms with Gasteiger partial charge in [0.25, 0.3) is 10.0 Å². The summed E-state index contributed by atoms with van der Waals surface area (Å²) in [4.78, 5) is 28.7. The molecule has 0 bridgehead atoms. The number of Topliss-reactive ketones (excluding diaryl/α,β-unsaturated/α-hetero) is 1. The summed E-state index contributed by atoms with van der Waals surface area (Å²) < 4.78 is 34.8. The summed E-state index contributed by atoms with van der Waals surface area (Å²) in [6, 6.07) is 4.08. The summed E-state index contributed by atoms with van der Waals surface area (Å²) >= 11 is 0. The Kier molecular flexibility index (Phi) is 6.29. The van der Waals surface area contributed by atoms with E-state index in [1.807, 2.05) is 0 Å². The molecule has 174 valence electrons. The molecule has 8 nitrogen and oxygen atoms in total. The molecular weight excluding hydrogens is 430 g/mol. The molecule has 1 amide bonds. The molecule has 2 aliphatic heterocycles. The third-order valence-electron chi connectivity index (χ3n) is 6.71. The third kappa shape index (κ3) is 4.14. The Labute approximate surface area is 189 Å². The molecule has 2 heterocycles. The number of carbonyl (C=O) groups is 2. The number of ether oxygens (including phenoxy) is 1. The van der Waals surface area contributed by atoms with E-state index in [4.69, 9.17) is 4.74 Å². The number of ketones is 1. The number of anilines is 1. The monoisotopic (exact) mass is 461 g/mol. The summed E-state index contributed by atoms with van der Waals surface area (Å²) in [6.45, 7) is 4.66. The lowest BCUT2D eigenvalue weighted by Crippen LogP contribution is -2.42. The average Bonchev–Trinajstić information content (AvgIpc) is 3.01. The van der Waals surface area contributed by atoms with Crippen LogP contribution in [0, 0.1) is 17.8 Å². The highest BCUT2D eigenvalue weighted by Gasteiger charge is 2.53. The topological polar surface area (TPSA) is 105 Å². The summed E-state index contributed by atoms with van der Waals surface area (Å²) in [5, 5.41) is 2.96. The average molecular weight is 462 g/mol. The lowest BCUT2D eigenvalue weighted by Gasteiger charge is -2.33. The van der Waals surface area contributed by atoms with Crippen molar-refractivity contribution in [3.8, 4) is 5.75 Å². The minimum atomic E-state index is -4.07. The van der Waals surface area contributed by atoms with Gasteiger partial charge < -0.3 is 15.0 Å². The van der Waals surface area contributed by atoms with Gasteiger partial charge >= 0.3 is 0 Å². The normalized spacial score (nSPS) is 25.5. The fourth-order valence-electron chi connectivity index (χ4n) is 4.99. The van der Waals surface area contributed by atoms with E-state index in [2.05, 4.69) is 23.6 Å². The number of hydrogen-bond acceptors (Lipinski definition) is 6. The van der Waals surface area contributed by atoms with E-state index >= 15 is 0 Å². The lowest BCUT2D eigenvalue weighted by atomic mass is 9.81. The molecule has 1 aromatic carbocycles. The van der Waals surface area contributed by atoms with Crippen LogP contribution in [0.3, 0.4) is 0 Å². The van der Waals surface area contributed by atoms with Crippen molar-refractivity contribution < 1.29 is 22.7 Å². The molecule has 0 spiro atoms. The molecule has 1 unspecified atom stereocenters. The number of carbonyl (C=O) groups excluding carboxylic acids is 2. The predicted octanol–water partition coefficient (Wildman–Crippen LogP) is 3.23. The Morgan fingerprint density at radius 1 is 1.19 bits per heavy atom. The maximum Gasteiger partial charge on any atom is 0.286 e. The number of nitrogens with zero attached hydrogens (tertiary/aromatic N) is 2. The first-order valence-electron chi connectivity index (χ1n) is 11.4. The molecule has 1 saturated heterocycles. The van der Waals surface area contributed by atoms with Gasteiger partial charge in [-0.25, -0.2) is 0 Å². The van der Waals surface area contributed by atoms with Gasteiger partial charge in [-0.15, -0.1) is 4.40 Å². The zero-order valence-corrected chi connectivity index (χ0v) is 19.7. The SMILES string of the molecule is COc1ccc2c(c1)S(=O)(=O)N=C(C1C(=O)[C@H](C3CCCCC3)N(CCC(C)C)C1=O)N2. The minimum Gasteiger partial charge on any atom is -0.497 e. The first-order valence-corrected chi connectivity index (χ1v) is 12.8. The summed E-state index contributed by atoms with van der Waals surface area (Å²) in [6.07, 6.45) is 5.86. The molecular formula is C23H31N3O5S. The quantitative estimate of drug-likeness (QED) is 0.652. The highest BCUT2D eigenvalue weighted by Crippen LogP contribution is 2.38. The van der Waals surface area contributed by atoms with Gasteiger partial charge in [0, 0.05) is 12.6 Å². The molecule has 2 fully saturated rings. The Bertz CT molecular complexity index is 1040. The Morgan fingerprint density at radius 2 is 1.91 bits per heavy atom. The first kappa shape index (κ1) is 22.8. The van der Waals surface area contributed by atoms with Crippen molar-refractivity contribution in [3.05, 3.63) is 18.2 Å². The Balaban J connectivity index is 1.69. The van der Waals surface area contributed by atoms with Crippen LogP contribution >= 0.6 is 0 Å². The van der Waals surface area contributed by atoms with Crippen LogP contribution in [-0.4, -0.2) is 50.5 Å². The van der Waals surface area contributed by atoms with Crippen molar-refractivity contribution in [2.75, 3.05) is 19.0 Å². The van der Waals surface area contributed by atoms with Gasteiger partial charge in [-0.1, -0.05) is 33.1 Å². The van der Waals surface area contributed by atoms with Crippen LogP contribution in [-0.2, 0) is 19.6 Å². The van der Waals surface area contributed by atoms with E-state index in [0.717, 1.165) is 38.5 Å². The van der Waals surface area contributed by atoms with E-state index in [0.29, 0.717) is 23.9 Å². The molecule has 9 heteroatoms. The Hall–Kier alpha value is -2.42. The summed E-state index contributed by atoms with van der Waals surface area (Å²) in [5.74, 6) is -0.984. The highest BCUT2D eigenvalue weighted by molar-refractivity contribution is 7.90. The molecule has 1 N–H and O–H groups in total. The van der Waals surface area contributed by atoms with Gasteiger partial charge in [0.15, 0.2) is 11.7 Å². The minimum absolute atomic E-state index is 0.0287. The van der Waals surface area contributed by atoms with Gasteiger partial charge in [-0.3, -0.25) is 9.59 Å². The number of fused-ring (bicyclic) bond motifs is 1. The Morgan fingerprint density at radius 3 is 2.56 bits per heavy atom. The van der Waals surface area contributed by atoms with Crippen molar-refractivity contribution >= 4 is 33.2 Å². The van der Waals surface area contributed by atoms with Crippen LogP contribution in [0.25, 0.3) is 0 Å².